The van der Waals surface area contributed by atoms with Crippen molar-refractivity contribution in [1.29, 1.82) is 0 Å². The maximum Gasteiger partial charge on any atom is 0.273 e. The molecule has 0 radical (unpaired) electrons. The van der Waals surface area contributed by atoms with Crippen LogP contribution in [0.25, 0.3) is 0 Å². The van der Waals surface area contributed by atoms with Gasteiger partial charge < -0.3 is 4.74 Å². The van der Waals surface area contributed by atoms with E-state index >= 15 is 0 Å². The average Bonchev–Trinajstić information content (AvgIpc) is 2.89. The Kier molecular flexibility index (Phi) is 4.71. The van der Waals surface area contributed by atoms with Crippen LogP contribution >= 0.6 is 11.3 Å². The van der Waals surface area contributed by atoms with Gasteiger partial charge in [-0.05, 0) is 37.3 Å². The van der Waals surface area contributed by atoms with E-state index in [1.807, 2.05) is 20.8 Å². The van der Waals surface area contributed by atoms with Crippen LogP contribution in [0.4, 0.5) is 0 Å². The number of carbonyl (C=O) groups is 1. The van der Waals surface area contributed by atoms with E-state index in [1.165, 1.54) is 11.3 Å². The zero-order chi connectivity index (χ0) is 16.6. The third-order valence-corrected chi connectivity index (χ3v) is 7.13. The van der Waals surface area contributed by atoms with Crippen LogP contribution in [0.3, 0.4) is 0 Å². The van der Waals surface area contributed by atoms with Crippen LogP contribution in [-0.4, -0.2) is 27.5 Å². The minimum Gasteiger partial charge on any atom is -0.380 e. The number of rotatable bonds is 3. The summed E-state index contributed by atoms with van der Waals surface area (Å²) >= 11 is 1.20. The van der Waals surface area contributed by atoms with Gasteiger partial charge in [-0.1, -0.05) is 20.8 Å². The molecule has 22 heavy (non-hydrogen) atoms. The lowest BCUT2D eigenvalue weighted by molar-refractivity contribution is -0.135. The molecule has 1 aromatic heterocycles. The fourth-order valence-corrected chi connectivity index (χ4v) is 4.74. The van der Waals surface area contributed by atoms with Crippen molar-refractivity contribution in [3.05, 3.63) is 17.0 Å². The van der Waals surface area contributed by atoms with Gasteiger partial charge in [-0.15, -0.1) is 11.3 Å². The number of ether oxygens (including phenoxy) is 1. The molecule has 5 nitrogen and oxygen atoms in total. The Morgan fingerprint density at radius 1 is 1.36 bits per heavy atom. The van der Waals surface area contributed by atoms with E-state index < -0.39 is 21.3 Å². The van der Waals surface area contributed by atoms with Gasteiger partial charge in [-0.2, -0.15) is 0 Å². The molecule has 1 aliphatic heterocycles. The van der Waals surface area contributed by atoms with Crippen molar-refractivity contribution in [3.8, 4) is 0 Å². The largest absolute Gasteiger partial charge is 0.380 e. The quantitative estimate of drug-likeness (QED) is 0.914. The third-order valence-electron chi connectivity index (χ3n) is 3.80. The Bertz CT molecular complexity index is 649. The minimum atomic E-state index is -3.82. The molecule has 1 saturated heterocycles. The van der Waals surface area contributed by atoms with Crippen molar-refractivity contribution in [2.24, 2.45) is 5.41 Å². The molecule has 1 aliphatic rings. The number of sulfonamides is 1. The lowest BCUT2D eigenvalue weighted by Gasteiger charge is -2.31. The number of nitrogens with one attached hydrogen (secondary N) is 1. The molecule has 2 rings (SSSR count). The molecule has 0 bridgehead atoms. The predicted molar refractivity (Wildman–Crippen MR) is 86.5 cm³/mol. The summed E-state index contributed by atoms with van der Waals surface area (Å²) in [4.78, 5) is 13.3. The number of hydrogen-bond acceptors (Lipinski definition) is 5. The standard InChI is InChI=1S/C15H23NO4S2/c1-14(2,3)11-6-7-12(21-11)22(18,19)16-13(17)15(4)8-5-9-20-10-15/h6-7H,5,8-10H2,1-4H3,(H,16,17). The molecule has 7 heteroatoms. The highest BCUT2D eigenvalue weighted by Crippen LogP contribution is 2.33. The van der Waals surface area contributed by atoms with E-state index in [-0.39, 0.29) is 16.2 Å². The predicted octanol–water partition coefficient (Wildman–Crippen LogP) is 2.67. The second-order valence-electron chi connectivity index (χ2n) is 7.02. The Morgan fingerprint density at radius 2 is 2.05 bits per heavy atom. The van der Waals surface area contributed by atoms with E-state index in [0.29, 0.717) is 13.0 Å². The van der Waals surface area contributed by atoms with Crippen LogP contribution in [0.15, 0.2) is 16.3 Å². The number of thiophene rings is 1. The molecule has 0 saturated carbocycles. The van der Waals surface area contributed by atoms with Gasteiger partial charge in [-0.25, -0.2) is 13.1 Å². The number of hydrogen-bond donors (Lipinski definition) is 1. The highest BCUT2D eigenvalue weighted by molar-refractivity contribution is 7.92. The third kappa shape index (κ3) is 3.70. The fraction of sp³-hybridized carbons (Fsp3) is 0.667. The summed E-state index contributed by atoms with van der Waals surface area (Å²) in [6.07, 6.45) is 1.39. The van der Waals surface area contributed by atoms with E-state index in [0.717, 1.165) is 11.3 Å². The van der Waals surface area contributed by atoms with Gasteiger partial charge in [0.1, 0.15) is 4.21 Å². The second-order valence-corrected chi connectivity index (χ2v) is 10.0. The van der Waals surface area contributed by atoms with Crippen LogP contribution < -0.4 is 4.72 Å². The van der Waals surface area contributed by atoms with Gasteiger partial charge in [-0.3, -0.25) is 4.79 Å². The molecule has 0 aliphatic carbocycles. The Hall–Kier alpha value is -0.920. The first-order chi connectivity index (χ1) is 10.0. The summed E-state index contributed by atoms with van der Waals surface area (Å²) in [5.41, 5.74) is -0.902. The van der Waals surface area contributed by atoms with Crippen molar-refractivity contribution >= 4 is 27.3 Å². The molecule has 1 amide bonds. The zero-order valence-corrected chi connectivity index (χ0v) is 15.1. The number of carbonyl (C=O) groups excluding carboxylic acids is 1. The lowest BCUT2D eigenvalue weighted by atomic mass is 9.84. The van der Waals surface area contributed by atoms with Gasteiger partial charge in [0.25, 0.3) is 10.0 Å². The molecule has 1 atom stereocenters. The number of amides is 1. The van der Waals surface area contributed by atoms with Gasteiger partial charge in [0.05, 0.1) is 12.0 Å². The van der Waals surface area contributed by atoms with E-state index in [1.54, 1.807) is 19.1 Å². The SMILES string of the molecule is CC1(C(=O)NS(=O)(=O)c2ccc(C(C)(C)C)s2)CCCOC1. The summed E-state index contributed by atoms with van der Waals surface area (Å²) < 4.78 is 32.5. The molecule has 1 unspecified atom stereocenters. The van der Waals surface area contributed by atoms with Crippen molar-refractivity contribution in [1.82, 2.24) is 4.72 Å². The summed E-state index contributed by atoms with van der Waals surface area (Å²) in [7, 11) is -3.82. The van der Waals surface area contributed by atoms with Gasteiger partial charge in [0.2, 0.25) is 5.91 Å². The summed E-state index contributed by atoms with van der Waals surface area (Å²) in [5, 5.41) is 0. The molecular formula is C15H23NO4S2. The van der Waals surface area contributed by atoms with Crippen molar-refractivity contribution in [2.75, 3.05) is 13.2 Å². The fourth-order valence-electron chi connectivity index (χ4n) is 2.28. The van der Waals surface area contributed by atoms with Crippen LogP contribution in [0.1, 0.15) is 45.4 Å². The monoisotopic (exact) mass is 345 g/mol. The van der Waals surface area contributed by atoms with E-state index in [4.69, 9.17) is 4.74 Å². The summed E-state index contributed by atoms with van der Waals surface area (Å²) in [6, 6.07) is 3.36. The first kappa shape index (κ1) is 17.4. The first-order valence-corrected chi connectivity index (χ1v) is 9.60. The maximum absolute atomic E-state index is 12.4. The van der Waals surface area contributed by atoms with E-state index in [2.05, 4.69) is 4.72 Å². The smallest absolute Gasteiger partial charge is 0.273 e. The molecule has 1 N–H and O–H groups in total. The van der Waals surface area contributed by atoms with Gasteiger partial charge in [0, 0.05) is 11.5 Å². The van der Waals surface area contributed by atoms with Gasteiger partial charge >= 0.3 is 0 Å². The Balaban J connectivity index is 2.17. The van der Waals surface area contributed by atoms with Crippen molar-refractivity contribution < 1.29 is 17.9 Å². The topological polar surface area (TPSA) is 72.5 Å². The minimum absolute atomic E-state index is 0.119. The molecular weight excluding hydrogens is 322 g/mol. The van der Waals surface area contributed by atoms with E-state index in [9.17, 15) is 13.2 Å². The molecule has 1 aromatic rings. The lowest BCUT2D eigenvalue weighted by Crippen LogP contribution is -2.46. The zero-order valence-electron chi connectivity index (χ0n) is 13.4. The molecule has 0 aromatic carbocycles. The summed E-state index contributed by atoms with van der Waals surface area (Å²) in [5.74, 6) is -0.488. The highest BCUT2D eigenvalue weighted by Gasteiger charge is 2.38. The molecule has 0 spiro atoms. The van der Waals surface area contributed by atoms with Gasteiger partial charge in [0.15, 0.2) is 0 Å². The highest BCUT2D eigenvalue weighted by atomic mass is 32.2. The Labute approximate surface area is 136 Å². The van der Waals surface area contributed by atoms with Crippen molar-refractivity contribution in [3.63, 3.8) is 0 Å². The molecule has 2 heterocycles. The van der Waals surface area contributed by atoms with Crippen LogP contribution in [0, 0.1) is 5.41 Å². The van der Waals surface area contributed by atoms with Crippen molar-refractivity contribution in [2.45, 2.75) is 50.2 Å². The molecule has 1 fully saturated rings. The second kappa shape index (κ2) is 5.94. The van der Waals surface area contributed by atoms with Crippen LogP contribution in [0.2, 0.25) is 0 Å². The summed E-state index contributed by atoms with van der Waals surface area (Å²) in [6.45, 7) is 8.68. The normalized spacial score (nSPS) is 23.3. The Morgan fingerprint density at radius 3 is 2.55 bits per heavy atom. The van der Waals surface area contributed by atoms with Crippen LogP contribution in [0.5, 0.6) is 0 Å². The van der Waals surface area contributed by atoms with Crippen LogP contribution in [-0.2, 0) is 25.0 Å². The maximum atomic E-state index is 12.4. The first-order valence-electron chi connectivity index (χ1n) is 7.30. The average molecular weight is 345 g/mol. The molecule has 124 valence electrons.